The Morgan fingerprint density at radius 2 is 1.53 bits per heavy atom. The highest BCUT2D eigenvalue weighted by molar-refractivity contribution is 5.96. The first-order valence-electron chi connectivity index (χ1n) is 9.39. The van der Waals surface area contributed by atoms with Gasteiger partial charge in [-0.25, -0.2) is 4.79 Å². The third-order valence-electron chi connectivity index (χ3n) is 4.50. The molecule has 3 amide bonds. The zero-order valence-electron chi connectivity index (χ0n) is 16.6. The molecule has 0 aromatic heterocycles. The van der Waals surface area contributed by atoms with E-state index in [2.05, 4.69) is 16.0 Å². The molecule has 0 spiro atoms. The van der Waals surface area contributed by atoms with Crippen molar-refractivity contribution >= 4 is 29.7 Å². The van der Waals surface area contributed by atoms with Crippen LogP contribution in [0, 0.1) is 0 Å². The Bertz CT molecular complexity index is 662. The third kappa shape index (κ3) is 7.57. The van der Waals surface area contributed by atoms with E-state index in [1.165, 1.54) is 6.92 Å². The van der Waals surface area contributed by atoms with Crippen molar-refractivity contribution in [3.63, 3.8) is 0 Å². The average Bonchev–Trinajstić information content (AvgIpc) is 3.16. The molecule has 0 saturated carbocycles. The molecule has 1 heterocycles. The summed E-state index contributed by atoms with van der Waals surface area (Å²) in [7, 11) is 0. The first-order chi connectivity index (χ1) is 13.9. The van der Waals surface area contributed by atoms with Crippen LogP contribution in [-0.2, 0) is 24.0 Å². The van der Waals surface area contributed by atoms with Crippen LogP contribution in [0.4, 0.5) is 0 Å². The van der Waals surface area contributed by atoms with E-state index in [-0.39, 0.29) is 0 Å². The molecule has 6 unspecified atom stereocenters. The molecule has 0 aromatic carbocycles. The van der Waals surface area contributed by atoms with Gasteiger partial charge in [0.1, 0.15) is 12.1 Å². The predicted octanol–water partition coefficient (Wildman–Crippen LogP) is -3.49. The maximum Gasteiger partial charge on any atom is 0.328 e. The van der Waals surface area contributed by atoms with E-state index in [4.69, 9.17) is 10.2 Å². The van der Waals surface area contributed by atoms with Crippen molar-refractivity contribution in [2.75, 3.05) is 6.54 Å². The Morgan fingerprint density at radius 1 is 0.933 bits per heavy atom. The molecule has 30 heavy (non-hydrogen) atoms. The van der Waals surface area contributed by atoms with Crippen LogP contribution in [0.15, 0.2) is 0 Å². The molecular formula is C17H28N4O9. The minimum atomic E-state index is -1.73. The van der Waals surface area contributed by atoms with Gasteiger partial charge in [-0.3, -0.25) is 19.2 Å². The van der Waals surface area contributed by atoms with Gasteiger partial charge in [-0.15, -0.1) is 0 Å². The summed E-state index contributed by atoms with van der Waals surface area (Å²) in [6.07, 6.45) is -2.45. The van der Waals surface area contributed by atoms with Gasteiger partial charge in [-0.05, 0) is 33.2 Å². The average molecular weight is 432 g/mol. The van der Waals surface area contributed by atoms with Crippen LogP contribution in [-0.4, -0.2) is 93.0 Å². The summed E-state index contributed by atoms with van der Waals surface area (Å²) >= 11 is 0. The fraction of sp³-hybridized carbons (Fsp3) is 0.706. The number of rotatable bonds is 11. The Kier molecular flexibility index (Phi) is 9.62. The molecule has 1 rings (SSSR count). The number of carboxylic acids is 2. The number of nitrogens with one attached hydrogen (secondary N) is 4. The molecule has 170 valence electrons. The van der Waals surface area contributed by atoms with E-state index in [0.29, 0.717) is 13.0 Å². The maximum atomic E-state index is 12.5. The highest BCUT2D eigenvalue weighted by Gasteiger charge is 2.35. The van der Waals surface area contributed by atoms with Gasteiger partial charge < -0.3 is 41.7 Å². The highest BCUT2D eigenvalue weighted by atomic mass is 16.4. The van der Waals surface area contributed by atoms with Crippen LogP contribution in [0.2, 0.25) is 0 Å². The lowest BCUT2D eigenvalue weighted by Crippen LogP contribution is -2.60. The summed E-state index contributed by atoms with van der Waals surface area (Å²) in [6, 6.07) is -5.46. The van der Waals surface area contributed by atoms with Gasteiger partial charge in [0.15, 0.2) is 6.04 Å². The Labute approximate surface area is 172 Å². The summed E-state index contributed by atoms with van der Waals surface area (Å²) in [6.45, 7) is 2.96. The number of aliphatic hydroxyl groups is 2. The van der Waals surface area contributed by atoms with Crippen LogP contribution in [0.25, 0.3) is 0 Å². The molecule has 8 N–H and O–H groups in total. The van der Waals surface area contributed by atoms with Crippen molar-refractivity contribution in [1.29, 1.82) is 0 Å². The smallest absolute Gasteiger partial charge is 0.328 e. The second kappa shape index (κ2) is 11.4. The van der Waals surface area contributed by atoms with Crippen LogP contribution in [0.5, 0.6) is 0 Å². The molecule has 0 aromatic rings. The van der Waals surface area contributed by atoms with Crippen molar-refractivity contribution in [2.24, 2.45) is 0 Å². The predicted molar refractivity (Wildman–Crippen MR) is 100 cm³/mol. The van der Waals surface area contributed by atoms with Gasteiger partial charge in [0.2, 0.25) is 17.7 Å². The summed E-state index contributed by atoms with van der Waals surface area (Å²) in [5.74, 6) is -5.74. The van der Waals surface area contributed by atoms with Crippen molar-refractivity contribution in [3.8, 4) is 0 Å². The first-order valence-corrected chi connectivity index (χ1v) is 9.39. The maximum absolute atomic E-state index is 12.5. The summed E-state index contributed by atoms with van der Waals surface area (Å²) < 4.78 is 0. The van der Waals surface area contributed by atoms with Crippen LogP contribution < -0.4 is 21.3 Å². The number of carbonyl (C=O) groups excluding carboxylic acids is 3. The lowest BCUT2D eigenvalue weighted by molar-refractivity contribution is -0.146. The molecule has 0 aliphatic carbocycles. The topological polar surface area (TPSA) is 214 Å². The van der Waals surface area contributed by atoms with Crippen LogP contribution >= 0.6 is 0 Å². The Hall–Kier alpha value is -2.77. The quantitative estimate of drug-likeness (QED) is 0.161. The number of aliphatic carboxylic acids is 2. The molecular weight excluding hydrogens is 404 g/mol. The minimum absolute atomic E-state index is 0.534. The highest BCUT2D eigenvalue weighted by Crippen LogP contribution is 2.06. The zero-order valence-corrected chi connectivity index (χ0v) is 16.6. The normalized spacial score (nSPS) is 20.9. The fourth-order valence-electron chi connectivity index (χ4n) is 2.86. The largest absolute Gasteiger partial charge is 0.481 e. The standard InChI is InChI=1S/C17H28N4O9/c1-7(22)12(20-14(26)9-4-3-5-18-9)16(28)19-10(6-11(24)25)15(27)21-13(8(2)23)17(29)30/h7-10,12-13,18,22-23H,3-6H2,1-2H3,(H,19,28)(H,20,26)(H,21,27)(H,24,25)(H,29,30). The van der Waals surface area contributed by atoms with E-state index in [9.17, 15) is 34.2 Å². The second-order valence-electron chi connectivity index (χ2n) is 7.10. The number of carbonyl (C=O) groups is 5. The zero-order chi connectivity index (χ0) is 23.0. The van der Waals surface area contributed by atoms with Crippen molar-refractivity contribution in [1.82, 2.24) is 21.3 Å². The molecule has 1 saturated heterocycles. The monoisotopic (exact) mass is 432 g/mol. The molecule has 1 fully saturated rings. The molecule has 13 nitrogen and oxygen atoms in total. The SMILES string of the molecule is CC(O)C(NC(=O)C(CC(=O)O)NC(=O)C(NC(=O)C1CCCN1)C(C)O)C(=O)O. The Balaban J connectivity index is 2.90. The van der Waals surface area contributed by atoms with Gasteiger partial charge in [0, 0.05) is 0 Å². The van der Waals surface area contributed by atoms with Crippen LogP contribution in [0.1, 0.15) is 33.1 Å². The van der Waals surface area contributed by atoms with Gasteiger partial charge >= 0.3 is 11.9 Å². The van der Waals surface area contributed by atoms with Crippen molar-refractivity contribution in [3.05, 3.63) is 0 Å². The number of amides is 3. The number of hydrogen-bond acceptors (Lipinski definition) is 8. The van der Waals surface area contributed by atoms with Gasteiger partial charge in [0.05, 0.1) is 24.7 Å². The first kappa shape index (κ1) is 25.3. The molecule has 13 heteroatoms. The van der Waals surface area contributed by atoms with E-state index in [1.807, 2.05) is 5.32 Å². The number of hydrogen-bond donors (Lipinski definition) is 8. The summed E-state index contributed by atoms with van der Waals surface area (Å²) in [5.41, 5.74) is 0. The molecule has 1 aliphatic heterocycles. The van der Waals surface area contributed by atoms with E-state index in [1.54, 1.807) is 0 Å². The number of aliphatic hydroxyl groups excluding tert-OH is 2. The number of carboxylic acid groups (broad SMARTS) is 2. The minimum Gasteiger partial charge on any atom is -0.481 e. The molecule has 6 atom stereocenters. The van der Waals surface area contributed by atoms with Crippen LogP contribution in [0.3, 0.4) is 0 Å². The Morgan fingerprint density at radius 3 is 1.97 bits per heavy atom. The van der Waals surface area contributed by atoms with Gasteiger partial charge in [-0.1, -0.05) is 0 Å². The molecule has 0 bridgehead atoms. The lowest BCUT2D eigenvalue weighted by Gasteiger charge is -2.26. The van der Waals surface area contributed by atoms with Crippen molar-refractivity contribution in [2.45, 2.75) is 69.5 Å². The van der Waals surface area contributed by atoms with E-state index < -0.39 is 72.5 Å². The van der Waals surface area contributed by atoms with E-state index in [0.717, 1.165) is 13.3 Å². The summed E-state index contributed by atoms with van der Waals surface area (Å²) in [4.78, 5) is 59.3. The summed E-state index contributed by atoms with van der Waals surface area (Å²) in [5, 5.41) is 46.7. The van der Waals surface area contributed by atoms with Crippen molar-refractivity contribution < 1.29 is 44.4 Å². The molecule has 1 aliphatic rings. The fourth-order valence-corrected chi connectivity index (χ4v) is 2.86. The van der Waals surface area contributed by atoms with Gasteiger partial charge in [0.25, 0.3) is 0 Å². The third-order valence-corrected chi connectivity index (χ3v) is 4.50. The lowest BCUT2D eigenvalue weighted by atomic mass is 10.1. The van der Waals surface area contributed by atoms with Gasteiger partial charge in [-0.2, -0.15) is 0 Å². The molecule has 0 radical (unpaired) electrons. The second-order valence-corrected chi connectivity index (χ2v) is 7.10. The van der Waals surface area contributed by atoms with E-state index >= 15 is 0 Å².